The number of likely N-dealkylation sites (N-methyl/N-ethyl adjacent to an activating group) is 1. The third-order valence-corrected chi connectivity index (χ3v) is 4.99. The second-order valence-corrected chi connectivity index (χ2v) is 6.16. The summed E-state index contributed by atoms with van der Waals surface area (Å²) < 4.78 is 5.37. The first-order valence-corrected chi connectivity index (χ1v) is 8.70. The Morgan fingerprint density at radius 3 is 2.30 bits per heavy atom. The first-order chi connectivity index (χ1) is 9.78. The van der Waals surface area contributed by atoms with Crippen LogP contribution >= 0.6 is 0 Å². The molecule has 2 unspecified atom stereocenters. The number of ether oxygens (including phenoxy) is 1. The number of nitrogens with one attached hydrogen (secondary N) is 1. The average Bonchev–Trinajstić information content (AvgIpc) is 2.44. The monoisotopic (exact) mass is 284 g/mol. The summed E-state index contributed by atoms with van der Waals surface area (Å²) in [5.41, 5.74) is 0. The standard InChI is InChI=1S/C17H36N2O/c1-5-15(6-2)19(13-14-20-4)17-12-10-8-7-9-11-16(17)18-3/h15-18H,5-14H2,1-4H3. The van der Waals surface area contributed by atoms with E-state index < -0.39 is 0 Å². The summed E-state index contributed by atoms with van der Waals surface area (Å²) in [4.78, 5) is 2.75. The van der Waals surface area contributed by atoms with Crippen molar-refractivity contribution in [2.24, 2.45) is 0 Å². The van der Waals surface area contributed by atoms with E-state index in [0.29, 0.717) is 18.1 Å². The van der Waals surface area contributed by atoms with Crippen molar-refractivity contribution >= 4 is 0 Å². The first kappa shape index (κ1) is 17.9. The minimum atomic E-state index is 0.646. The molecule has 0 aromatic rings. The molecule has 0 saturated heterocycles. The molecule has 1 rings (SSSR count). The lowest BCUT2D eigenvalue weighted by Gasteiger charge is -2.42. The number of rotatable bonds is 8. The van der Waals surface area contributed by atoms with Crippen LogP contribution in [0.3, 0.4) is 0 Å². The van der Waals surface area contributed by atoms with Crippen molar-refractivity contribution in [1.82, 2.24) is 10.2 Å². The highest BCUT2D eigenvalue weighted by Crippen LogP contribution is 2.25. The van der Waals surface area contributed by atoms with Crippen LogP contribution < -0.4 is 5.32 Å². The van der Waals surface area contributed by atoms with Crippen LogP contribution in [0, 0.1) is 0 Å². The van der Waals surface area contributed by atoms with Gasteiger partial charge in [0.05, 0.1) is 6.61 Å². The Morgan fingerprint density at radius 1 is 1.10 bits per heavy atom. The number of methoxy groups -OCH3 is 1. The van der Waals surface area contributed by atoms with E-state index in [-0.39, 0.29) is 0 Å². The van der Waals surface area contributed by atoms with Crippen LogP contribution in [0.15, 0.2) is 0 Å². The van der Waals surface area contributed by atoms with Crippen molar-refractivity contribution in [3.63, 3.8) is 0 Å². The first-order valence-electron chi connectivity index (χ1n) is 8.70. The summed E-state index contributed by atoms with van der Waals surface area (Å²) >= 11 is 0. The SMILES string of the molecule is CCC(CC)N(CCOC)C1CCCCCCC1NC. The molecule has 1 fully saturated rings. The van der Waals surface area contributed by atoms with Crippen molar-refractivity contribution in [3.05, 3.63) is 0 Å². The maximum Gasteiger partial charge on any atom is 0.0589 e. The maximum atomic E-state index is 5.37. The molecular formula is C17H36N2O. The minimum Gasteiger partial charge on any atom is -0.383 e. The van der Waals surface area contributed by atoms with Gasteiger partial charge in [0, 0.05) is 31.8 Å². The van der Waals surface area contributed by atoms with Gasteiger partial charge in [-0.05, 0) is 32.7 Å². The lowest BCUT2D eigenvalue weighted by Crippen LogP contribution is -2.54. The molecular weight excluding hydrogens is 248 g/mol. The van der Waals surface area contributed by atoms with Gasteiger partial charge < -0.3 is 10.1 Å². The van der Waals surface area contributed by atoms with Crippen LogP contribution in [0.1, 0.15) is 65.2 Å². The topological polar surface area (TPSA) is 24.5 Å². The second kappa shape index (κ2) is 10.6. The molecule has 20 heavy (non-hydrogen) atoms. The van der Waals surface area contributed by atoms with Gasteiger partial charge in [-0.15, -0.1) is 0 Å². The van der Waals surface area contributed by atoms with Crippen molar-refractivity contribution in [3.8, 4) is 0 Å². The Labute approximate surface area is 126 Å². The molecule has 0 aliphatic heterocycles. The average molecular weight is 284 g/mol. The van der Waals surface area contributed by atoms with Crippen LogP contribution in [0.25, 0.3) is 0 Å². The van der Waals surface area contributed by atoms with Crippen LogP contribution in [-0.2, 0) is 4.74 Å². The van der Waals surface area contributed by atoms with E-state index in [4.69, 9.17) is 4.74 Å². The fraction of sp³-hybridized carbons (Fsp3) is 1.00. The maximum absolute atomic E-state index is 5.37. The highest BCUT2D eigenvalue weighted by molar-refractivity contribution is 4.88. The van der Waals surface area contributed by atoms with Gasteiger partial charge in [-0.2, -0.15) is 0 Å². The predicted molar refractivity (Wildman–Crippen MR) is 87.3 cm³/mol. The minimum absolute atomic E-state index is 0.646. The summed E-state index contributed by atoms with van der Waals surface area (Å²) in [6.45, 7) is 6.58. The van der Waals surface area contributed by atoms with Gasteiger partial charge in [0.1, 0.15) is 0 Å². The van der Waals surface area contributed by atoms with E-state index in [1.165, 1.54) is 51.4 Å². The van der Waals surface area contributed by atoms with Crippen LogP contribution in [0.5, 0.6) is 0 Å². The van der Waals surface area contributed by atoms with E-state index >= 15 is 0 Å². The van der Waals surface area contributed by atoms with E-state index in [1.807, 2.05) is 7.11 Å². The summed E-state index contributed by atoms with van der Waals surface area (Å²) in [5.74, 6) is 0. The summed E-state index contributed by atoms with van der Waals surface area (Å²) in [7, 11) is 3.96. The molecule has 1 aliphatic rings. The molecule has 0 amide bonds. The Bertz CT molecular complexity index is 229. The third-order valence-electron chi connectivity index (χ3n) is 4.99. The van der Waals surface area contributed by atoms with Gasteiger partial charge in [-0.1, -0.05) is 39.5 Å². The Balaban J connectivity index is 2.80. The summed E-state index contributed by atoms with van der Waals surface area (Å²) in [5, 5.41) is 3.60. The fourth-order valence-electron chi connectivity index (χ4n) is 3.77. The van der Waals surface area contributed by atoms with Gasteiger partial charge in [0.15, 0.2) is 0 Å². The molecule has 0 spiro atoms. The Kier molecular flexibility index (Phi) is 9.49. The van der Waals surface area contributed by atoms with Crippen LogP contribution in [-0.4, -0.2) is 50.3 Å². The summed E-state index contributed by atoms with van der Waals surface area (Å²) in [6, 6.07) is 2.03. The van der Waals surface area contributed by atoms with Gasteiger partial charge in [-0.25, -0.2) is 0 Å². The fourth-order valence-corrected chi connectivity index (χ4v) is 3.77. The molecule has 0 heterocycles. The van der Waals surface area contributed by atoms with Crippen molar-refractivity contribution < 1.29 is 4.74 Å². The Morgan fingerprint density at radius 2 is 1.75 bits per heavy atom. The normalized spacial score (nSPS) is 24.9. The zero-order valence-corrected chi connectivity index (χ0v) is 14.2. The van der Waals surface area contributed by atoms with Gasteiger partial charge in [-0.3, -0.25) is 4.90 Å². The van der Waals surface area contributed by atoms with E-state index in [1.54, 1.807) is 0 Å². The molecule has 0 radical (unpaired) electrons. The highest BCUT2D eigenvalue weighted by Gasteiger charge is 2.30. The largest absolute Gasteiger partial charge is 0.383 e. The van der Waals surface area contributed by atoms with E-state index in [0.717, 1.165) is 13.2 Å². The zero-order chi connectivity index (χ0) is 14.8. The van der Waals surface area contributed by atoms with E-state index in [9.17, 15) is 0 Å². The van der Waals surface area contributed by atoms with Crippen molar-refractivity contribution in [2.45, 2.75) is 83.3 Å². The molecule has 0 aromatic heterocycles. The Hall–Kier alpha value is -0.120. The van der Waals surface area contributed by atoms with Crippen LogP contribution in [0.2, 0.25) is 0 Å². The molecule has 0 aromatic carbocycles. The smallest absolute Gasteiger partial charge is 0.0589 e. The lowest BCUT2D eigenvalue weighted by molar-refractivity contribution is 0.0538. The number of hydrogen-bond acceptors (Lipinski definition) is 3. The van der Waals surface area contributed by atoms with Crippen LogP contribution in [0.4, 0.5) is 0 Å². The van der Waals surface area contributed by atoms with Gasteiger partial charge in [0.25, 0.3) is 0 Å². The lowest BCUT2D eigenvalue weighted by atomic mass is 9.89. The molecule has 120 valence electrons. The summed E-state index contributed by atoms with van der Waals surface area (Å²) in [6.07, 6.45) is 10.7. The molecule has 0 bridgehead atoms. The van der Waals surface area contributed by atoms with Crippen molar-refractivity contribution in [1.29, 1.82) is 0 Å². The molecule has 3 nitrogen and oxygen atoms in total. The number of hydrogen-bond donors (Lipinski definition) is 1. The second-order valence-electron chi connectivity index (χ2n) is 6.16. The third kappa shape index (κ3) is 5.34. The van der Waals surface area contributed by atoms with Gasteiger partial charge >= 0.3 is 0 Å². The molecule has 3 heteroatoms. The predicted octanol–water partition coefficient (Wildman–Crippen LogP) is 3.43. The quantitative estimate of drug-likeness (QED) is 0.739. The van der Waals surface area contributed by atoms with Gasteiger partial charge in [0.2, 0.25) is 0 Å². The van der Waals surface area contributed by atoms with E-state index in [2.05, 4.69) is 31.1 Å². The highest BCUT2D eigenvalue weighted by atomic mass is 16.5. The zero-order valence-electron chi connectivity index (χ0n) is 14.2. The van der Waals surface area contributed by atoms with Crippen molar-refractivity contribution in [2.75, 3.05) is 27.3 Å². The number of nitrogens with zero attached hydrogens (tertiary/aromatic N) is 1. The molecule has 2 atom stereocenters. The molecule has 1 aliphatic carbocycles. The molecule has 1 N–H and O–H groups in total. The molecule has 1 saturated carbocycles.